The molecule has 0 aliphatic heterocycles. The van der Waals surface area contributed by atoms with Crippen LogP contribution in [0.3, 0.4) is 0 Å². The van der Waals surface area contributed by atoms with Crippen molar-refractivity contribution in [3.63, 3.8) is 0 Å². The third-order valence-electron chi connectivity index (χ3n) is 0.513. The van der Waals surface area contributed by atoms with Gasteiger partial charge in [0, 0.05) is 4.91 Å². The summed E-state index contributed by atoms with van der Waals surface area (Å²) in [5.41, 5.74) is 7.75. The van der Waals surface area contributed by atoms with Crippen LogP contribution in [0.25, 0.3) is 10.4 Å². The Kier molecular flexibility index (Phi) is 3.52. The van der Waals surface area contributed by atoms with Gasteiger partial charge in [-0.2, -0.15) is 8.42 Å². The van der Waals surface area contributed by atoms with Gasteiger partial charge in [-0.1, -0.05) is 0 Å². The molecule has 0 rings (SSSR count). The highest BCUT2D eigenvalue weighted by molar-refractivity contribution is 7.83. The van der Waals surface area contributed by atoms with E-state index in [1.54, 1.807) is 19.6 Å². The van der Waals surface area contributed by atoms with E-state index >= 15 is 0 Å². The number of azide groups is 1. The molecule has 0 saturated carbocycles. The van der Waals surface area contributed by atoms with Gasteiger partial charge in [0.05, 0.1) is 0 Å². The SMILES string of the molecule is C[Si](C)(C)OS(=O)(=O)ON=[N+]=[N-]. The van der Waals surface area contributed by atoms with Crippen LogP contribution in [0.4, 0.5) is 0 Å². The third kappa shape index (κ3) is 5.98. The standard InChI is InChI=1S/C3H9N3O4SSi/c1-12(2,3)10-11(7,8)9-6-5-4/h1-3H3. The van der Waals surface area contributed by atoms with Gasteiger partial charge >= 0.3 is 10.4 Å². The Balaban J connectivity index is 4.35. The third-order valence-corrected chi connectivity index (χ3v) is 3.58. The first-order valence-electron chi connectivity index (χ1n) is 2.95. The summed E-state index contributed by atoms with van der Waals surface area (Å²) in [6, 6.07) is 0. The molecule has 0 aromatic heterocycles. The van der Waals surface area contributed by atoms with Crippen molar-refractivity contribution in [3.8, 4) is 0 Å². The minimum atomic E-state index is -4.16. The lowest BCUT2D eigenvalue weighted by Gasteiger charge is -2.13. The maximum atomic E-state index is 10.7. The lowest BCUT2D eigenvalue weighted by atomic mass is 11.8. The molecule has 0 saturated heterocycles. The molecule has 0 bridgehead atoms. The Labute approximate surface area is 71.3 Å². The molecule has 0 aromatic rings. The van der Waals surface area contributed by atoms with Gasteiger partial charge in [-0.25, -0.2) is 0 Å². The number of rotatable bonds is 4. The average Bonchev–Trinajstić information content (AvgIpc) is 1.78. The second kappa shape index (κ2) is 3.76. The zero-order valence-corrected chi connectivity index (χ0v) is 8.70. The van der Waals surface area contributed by atoms with Crippen LogP contribution in [0.2, 0.25) is 19.6 Å². The molecule has 0 atom stereocenters. The quantitative estimate of drug-likeness (QED) is 0.230. The van der Waals surface area contributed by atoms with Crippen LogP contribution >= 0.6 is 0 Å². The van der Waals surface area contributed by atoms with E-state index in [1.165, 1.54) is 0 Å². The van der Waals surface area contributed by atoms with Crippen LogP contribution < -0.4 is 0 Å². The number of hydrogen-bond donors (Lipinski definition) is 0. The van der Waals surface area contributed by atoms with Crippen LogP contribution in [0.15, 0.2) is 5.28 Å². The maximum Gasteiger partial charge on any atom is 0.445 e. The molecular weight excluding hydrogens is 202 g/mol. The van der Waals surface area contributed by atoms with Crippen LogP contribution in [-0.2, 0) is 18.6 Å². The van der Waals surface area contributed by atoms with Gasteiger partial charge in [0.2, 0.25) is 8.32 Å². The van der Waals surface area contributed by atoms with E-state index in [1.807, 2.05) is 0 Å². The summed E-state index contributed by atoms with van der Waals surface area (Å²) in [6.45, 7) is 4.97. The maximum absolute atomic E-state index is 10.7. The van der Waals surface area contributed by atoms with E-state index in [9.17, 15) is 8.42 Å². The Bertz CT molecular complexity index is 287. The molecule has 0 amide bonds. The highest BCUT2D eigenvalue weighted by Gasteiger charge is 2.25. The fourth-order valence-electron chi connectivity index (χ4n) is 0.377. The molecule has 0 N–H and O–H groups in total. The minimum Gasteiger partial charge on any atom is -0.289 e. The molecule has 0 fully saturated rings. The van der Waals surface area contributed by atoms with Crippen molar-refractivity contribution in [2.45, 2.75) is 19.6 Å². The monoisotopic (exact) mass is 211 g/mol. The summed E-state index contributed by atoms with van der Waals surface area (Å²) in [7, 11) is -6.40. The van der Waals surface area contributed by atoms with E-state index in [2.05, 4.69) is 18.3 Å². The molecule has 0 heterocycles. The predicted molar refractivity (Wildman–Crippen MR) is 43.6 cm³/mol. The molecule has 0 aliphatic carbocycles. The summed E-state index contributed by atoms with van der Waals surface area (Å²) >= 11 is 0. The lowest BCUT2D eigenvalue weighted by molar-refractivity contribution is 0.281. The van der Waals surface area contributed by atoms with Gasteiger partial charge in [-0.3, -0.25) is 8.16 Å². The summed E-state index contributed by atoms with van der Waals surface area (Å²) in [4.78, 5) is 2.11. The van der Waals surface area contributed by atoms with E-state index in [0.29, 0.717) is 0 Å². The average molecular weight is 211 g/mol. The van der Waals surface area contributed by atoms with E-state index in [0.717, 1.165) is 0 Å². The van der Waals surface area contributed by atoms with Gasteiger partial charge in [-0.15, -0.1) is 0 Å². The second-order valence-electron chi connectivity index (χ2n) is 2.85. The van der Waals surface area contributed by atoms with Crippen molar-refractivity contribution < 1.29 is 16.6 Å². The smallest absolute Gasteiger partial charge is 0.289 e. The molecule has 12 heavy (non-hydrogen) atoms. The van der Waals surface area contributed by atoms with Crippen molar-refractivity contribution in [1.29, 1.82) is 0 Å². The molecule has 7 nitrogen and oxygen atoms in total. The van der Waals surface area contributed by atoms with Crippen molar-refractivity contribution in [1.82, 2.24) is 0 Å². The first kappa shape index (κ1) is 11.2. The molecular formula is C3H9N3O4SSi. The first-order valence-corrected chi connectivity index (χ1v) is 7.69. The molecule has 0 radical (unpaired) electrons. The van der Waals surface area contributed by atoms with Crippen LogP contribution in [0.5, 0.6) is 0 Å². The molecule has 0 unspecified atom stereocenters. The van der Waals surface area contributed by atoms with Crippen molar-refractivity contribution in [3.05, 3.63) is 10.4 Å². The normalized spacial score (nSPS) is 11.9. The van der Waals surface area contributed by atoms with Gasteiger partial charge < -0.3 is 0 Å². The van der Waals surface area contributed by atoms with Crippen molar-refractivity contribution >= 4 is 18.7 Å². The topological polar surface area (TPSA) is 101 Å². The molecule has 9 heteroatoms. The van der Waals surface area contributed by atoms with Crippen molar-refractivity contribution in [2.75, 3.05) is 0 Å². The summed E-state index contributed by atoms with van der Waals surface area (Å²) in [5.74, 6) is 0. The molecule has 0 aromatic carbocycles. The van der Waals surface area contributed by atoms with Gasteiger partial charge in [0.25, 0.3) is 0 Å². The highest BCUT2D eigenvalue weighted by Crippen LogP contribution is 2.09. The zero-order valence-electron chi connectivity index (χ0n) is 6.88. The second-order valence-corrected chi connectivity index (χ2v) is 8.71. The number of nitrogens with zero attached hydrogens (tertiary/aromatic N) is 3. The fourth-order valence-corrected chi connectivity index (χ4v) is 3.06. The lowest BCUT2D eigenvalue weighted by Crippen LogP contribution is -2.29. The number of hydrogen-bond acceptors (Lipinski definition) is 5. The minimum absolute atomic E-state index is 1.66. The summed E-state index contributed by atoms with van der Waals surface area (Å²) in [6.07, 6.45) is 0. The Morgan fingerprint density at radius 1 is 1.42 bits per heavy atom. The Morgan fingerprint density at radius 3 is 2.25 bits per heavy atom. The molecule has 70 valence electrons. The predicted octanol–water partition coefficient (Wildman–Crippen LogP) is 1.32. The first-order chi connectivity index (χ1) is 5.27. The van der Waals surface area contributed by atoms with E-state index < -0.39 is 18.7 Å². The molecule has 0 aliphatic rings. The largest absolute Gasteiger partial charge is 0.445 e. The molecule has 0 spiro atoms. The van der Waals surface area contributed by atoms with Gasteiger partial charge in [-0.05, 0) is 25.2 Å². The zero-order chi connectivity index (χ0) is 9.83. The Hall–Kier alpha value is -0.763. The van der Waals surface area contributed by atoms with E-state index in [4.69, 9.17) is 5.53 Å². The fraction of sp³-hybridized carbons (Fsp3) is 1.00. The van der Waals surface area contributed by atoms with Gasteiger partial charge in [0.1, 0.15) is 5.28 Å². The summed E-state index contributed by atoms with van der Waals surface area (Å²) in [5, 5.41) is 2.42. The van der Waals surface area contributed by atoms with Gasteiger partial charge in [0.15, 0.2) is 0 Å². The van der Waals surface area contributed by atoms with Crippen LogP contribution in [0, 0.1) is 0 Å². The van der Waals surface area contributed by atoms with Crippen LogP contribution in [-0.4, -0.2) is 16.7 Å². The Morgan fingerprint density at radius 2 is 1.92 bits per heavy atom. The summed E-state index contributed by atoms with van der Waals surface area (Å²) < 4.78 is 29.8. The van der Waals surface area contributed by atoms with Crippen molar-refractivity contribution in [2.24, 2.45) is 5.28 Å². The van der Waals surface area contributed by atoms with E-state index in [-0.39, 0.29) is 0 Å². The highest BCUT2D eigenvalue weighted by atomic mass is 32.3. The van der Waals surface area contributed by atoms with Crippen LogP contribution in [0.1, 0.15) is 0 Å².